The highest BCUT2D eigenvalue weighted by atomic mass is 79.9. The summed E-state index contributed by atoms with van der Waals surface area (Å²) in [5, 5.41) is 3.12. The van der Waals surface area contributed by atoms with E-state index in [0.717, 1.165) is 5.75 Å². The average Bonchev–Trinajstić information content (AvgIpc) is 2.48. The molecular weight excluding hydrogens is 345 g/mol. The van der Waals surface area contributed by atoms with E-state index in [0.29, 0.717) is 16.6 Å². The molecule has 0 amide bonds. The quantitative estimate of drug-likeness (QED) is 0.790. The average molecular weight is 359 g/mol. The zero-order valence-electron chi connectivity index (χ0n) is 10.9. The van der Waals surface area contributed by atoms with E-state index in [4.69, 9.17) is 16.3 Å². The fourth-order valence-corrected chi connectivity index (χ4v) is 2.31. The molecule has 1 unspecified atom stereocenters. The smallest absolute Gasteiger partial charge is 0.147 e. The van der Waals surface area contributed by atoms with Crippen LogP contribution in [0, 0.1) is 5.82 Å². The van der Waals surface area contributed by atoms with E-state index in [1.54, 1.807) is 19.2 Å². The first-order chi connectivity index (χ1) is 9.63. The molecule has 0 aliphatic rings. The summed E-state index contributed by atoms with van der Waals surface area (Å²) in [5.74, 6) is 0.313. The zero-order valence-corrected chi connectivity index (χ0v) is 13.2. The topological polar surface area (TPSA) is 21.3 Å². The van der Waals surface area contributed by atoms with Crippen molar-refractivity contribution >= 4 is 27.5 Å². The molecule has 0 saturated carbocycles. The van der Waals surface area contributed by atoms with Gasteiger partial charge in [-0.25, -0.2) is 4.39 Å². The van der Waals surface area contributed by atoms with Crippen LogP contribution in [0.25, 0.3) is 0 Å². The molecule has 2 rings (SSSR count). The van der Waals surface area contributed by atoms with Crippen LogP contribution in [0.15, 0.2) is 46.9 Å². The molecule has 0 fully saturated rings. The molecule has 106 valence electrons. The summed E-state index contributed by atoms with van der Waals surface area (Å²) in [6.07, 6.45) is 0. The van der Waals surface area contributed by atoms with Gasteiger partial charge in [0.05, 0.1) is 11.1 Å². The summed E-state index contributed by atoms with van der Waals surface area (Å²) in [5.41, 5.74) is 0.483. The third-order valence-corrected chi connectivity index (χ3v) is 4.21. The number of ether oxygens (including phenoxy) is 1. The fourth-order valence-electron chi connectivity index (χ4n) is 1.83. The second-order valence-electron chi connectivity index (χ2n) is 4.23. The van der Waals surface area contributed by atoms with E-state index < -0.39 is 5.82 Å². The molecule has 1 N–H and O–H groups in total. The van der Waals surface area contributed by atoms with Gasteiger partial charge in [0.25, 0.3) is 0 Å². The Morgan fingerprint density at radius 3 is 2.60 bits per heavy atom. The summed E-state index contributed by atoms with van der Waals surface area (Å²) < 4.78 is 20.4. The largest absolute Gasteiger partial charge is 0.492 e. The minimum atomic E-state index is -0.433. The van der Waals surface area contributed by atoms with Crippen LogP contribution in [0.1, 0.15) is 11.6 Å². The standard InChI is InChI=1S/C15H14BrClFNO/c1-19-13(9-20-10-5-3-2-4-6-10)11-7-8-12(16)14(17)15(11)18/h2-8,13,19H,9H2,1H3. The Balaban J connectivity index is 2.15. The lowest BCUT2D eigenvalue weighted by Crippen LogP contribution is -2.24. The second-order valence-corrected chi connectivity index (χ2v) is 5.46. The molecule has 0 radical (unpaired) electrons. The normalized spacial score (nSPS) is 12.2. The van der Waals surface area contributed by atoms with E-state index in [2.05, 4.69) is 21.2 Å². The van der Waals surface area contributed by atoms with Crippen molar-refractivity contribution in [3.05, 3.63) is 63.3 Å². The van der Waals surface area contributed by atoms with E-state index >= 15 is 0 Å². The summed E-state index contributed by atoms with van der Waals surface area (Å²) in [6, 6.07) is 12.6. The SMILES string of the molecule is CNC(COc1ccccc1)c1ccc(Br)c(Cl)c1F. The van der Waals surface area contributed by atoms with Crippen LogP contribution in [0.4, 0.5) is 4.39 Å². The van der Waals surface area contributed by atoms with E-state index in [9.17, 15) is 4.39 Å². The van der Waals surface area contributed by atoms with Gasteiger partial charge in [0.2, 0.25) is 0 Å². The molecule has 1 atom stereocenters. The van der Waals surface area contributed by atoms with Gasteiger partial charge in [-0.15, -0.1) is 0 Å². The highest BCUT2D eigenvalue weighted by Gasteiger charge is 2.18. The van der Waals surface area contributed by atoms with Gasteiger partial charge in [-0.05, 0) is 41.2 Å². The molecule has 2 aromatic carbocycles. The van der Waals surface area contributed by atoms with E-state index in [1.165, 1.54) is 0 Å². The monoisotopic (exact) mass is 357 g/mol. The first kappa shape index (κ1) is 15.3. The number of benzene rings is 2. The van der Waals surface area contributed by atoms with Crippen molar-refractivity contribution in [2.75, 3.05) is 13.7 Å². The third-order valence-electron chi connectivity index (χ3n) is 2.95. The van der Waals surface area contributed by atoms with Gasteiger partial charge in [-0.2, -0.15) is 0 Å². The van der Waals surface area contributed by atoms with Gasteiger partial charge in [-0.3, -0.25) is 0 Å². The fraction of sp³-hybridized carbons (Fsp3) is 0.200. The number of nitrogens with one attached hydrogen (secondary N) is 1. The first-order valence-electron chi connectivity index (χ1n) is 6.12. The highest BCUT2D eigenvalue weighted by Crippen LogP contribution is 2.30. The number of hydrogen-bond donors (Lipinski definition) is 1. The molecule has 2 nitrogen and oxygen atoms in total. The van der Waals surface area contributed by atoms with Gasteiger partial charge in [0.15, 0.2) is 0 Å². The van der Waals surface area contributed by atoms with Crippen LogP contribution in [0.5, 0.6) is 5.75 Å². The van der Waals surface area contributed by atoms with Gasteiger partial charge in [0, 0.05) is 10.0 Å². The third kappa shape index (κ3) is 3.51. The van der Waals surface area contributed by atoms with Crippen LogP contribution in [0.2, 0.25) is 5.02 Å². The van der Waals surface area contributed by atoms with Crippen LogP contribution >= 0.6 is 27.5 Å². The predicted octanol–water partition coefficient (Wildman–Crippen LogP) is 4.58. The number of hydrogen-bond acceptors (Lipinski definition) is 2. The lowest BCUT2D eigenvalue weighted by molar-refractivity contribution is 0.270. The van der Waals surface area contributed by atoms with Crippen molar-refractivity contribution in [1.82, 2.24) is 5.32 Å². The van der Waals surface area contributed by atoms with Crippen molar-refractivity contribution in [3.63, 3.8) is 0 Å². The molecule has 0 aliphatic heterocycles. The molecule has 20 heavy (non-hydrogen) atoms. The van der Waals surface area contributed by atoms with Gasteiger partial charge in [-0.1, -0.05) is 35.9 Å². The summed E-state index contributed by atoms with van der Waals surface area (Å²) >= 11 is 9.11. The molecule has 0 spiro atoms. The zero-order chi connectivity index (χ0) is 14.5. The Hall–Kier alpha value is -1.10. The molecule has 2 aromatic rings. The first-order valence-corrected chi connectivity index (χ1v) is 7.29. The van der Waals surface area contributed by atoms with E-state index in [1.807, 2.05) is 30.3 Å². The maximum atomic E-state index is 14.2. The number of halogens is 3. The molecule has 5 heteroatoms. The minimum Gasteiger partial charge on any atom is -0.492 e. The Kier molecular flexibility index (Phi) is 5.40. The van der Waals surface area contributed by atoms with Crippen molar-refractivity contribution in [2.45, 2.75) is 6.04 Å². The van der Waals surface area contributed by atoms with Gasteiger partial charge >= 0.3 is 0 Å². The van der Waals surface area contributed by atoms with Crippen molar-refractivity contribution < 1.29 is 9.13 Å². The summed E-state index contributed by atoms with van der Waals surface area (Å²) in [7, 11) is 1.76. The van der Waals surface area contributed by atoms with Crippen molar-refractivity contribution in [1.29, 1.82) is 0 Å². The Bertz CT molecular complexity index is 580. The maximum Gasteiger partial charge on any atom is 0.147 e. The molecular formula is C15H14BrClFNO. The lowest BCUT2D eigenvalue weighted by Gasteiger charge is -2.19. The second kappa shape index (κ2) is 7.07. The Morgan fingerprint density at radius 1 is 1.25 bits per heavy atom. The van der Waals surface area contributed by atoms with Crippen LogP contribution < -0.4 is 10.1 Å². The van der Waals surface area contributed by atoms with Crippen LogP contribution in [-0.2, 0) is 0 Å². The number of rotatable bonds is 5. The minimum absolute atomic E-state index is 0.0856. The lowest BCUT2D eigenvalue weighted by atomic mass is 10.1. The van der Waals surface area contributed by atoms with E-state index in [-0.39, 0.29) is 11.1 Å². The summed E-state index contributed by atoms with van der Waals surface area (Å²) in [4.78, 5) is 0. The van der Waals surface area contributed by atoms with Gasteiger partial charge < -0.3 is 10.1 Å². The molecule has 0 heterocycles. The van der Waals surface area contributed by atoms with Crippen molar-refractivity contribution in [2.24, 2.45) is 0 Å². The molecule has 0 aromatic heterocycles. The van der Waals surface area contributed by atoms with Crippen LogP contribution in [-0.4, -0.2) is 13.7 Å². The Labute approximate surface area is 131 Å². The molecule has 0 aliphatic carbocycles. The molecule has 0 bridgehead atoms. The number of para-hydroxylation sites is 1. The molecule has 0 saturated heterocycles. The highest BCUT2D eigenvalue weighted by molar-refractivity contribution is 9.10. The van der Waals surface area contributed by atoms with Crippen molar-refractivity contribution in [3.8, 4) is 5.75 Å². The van der Waals surface area contributed by atoms with Gasteiger partial charge in [0.1, 0.15) is 18.2 Å². The maximum absolute atomic E-state index is 14.2. The Morgan fingerprint density at radius 2 is 1.95 bits per heavy atom. The predicted molar refractivity (Wildman–Crippen MR) is 82.8 cm³/mol. The van der Waals surface area contributed by atoms with Crippen LogP contribution in [0.3, 0.4) is 0 Å². The number of likely N-dealkylation sites (N-methyl/N-ethyl adjacent to an activating group) is 1. The summed E-state index contributed by atoms with van der Waals surface area (Å²) in [6.45, 7) is 0.315.